The summed E-state index contributed by atoms with van der Waals surface area (Å²) in [7, 11) is 1.81. The quantitative estimate of drug-likeness (QED) is 0.829. The normalized spacial score (nSPS) is 14.9. The second-order valence-corrected chi connectivity index (χ2v) is 7.20. The van der Waals surface area contributed by atoms with Crippen molar-refractivity contribution in [2.24, 2.45) is 5.92 Å². The highest BCUT2D eigenvalue weighted by molar-refractivity contribution is 7.10. The number of carbonyl (C=O) groups is 1. The molecule has 0 aliphatic heterocycles. The number of nitrogens with one attached hydrogen (secondary N) is 1. The largest absolute Gasteiger partial charge is 0.477 e. The van der Waals surface area contributed by atoms with Gasteiger partial charge in [-0.05, 0) is 42.7 Å². The van der Waals surface area contributed by atoms with Gasteiger partial charge >= 0.3 is 6.03 Å². The van der Waals surface area contributed by atoms with Gasteiger partial charge in [-0.1, -0.05) is 12.1 Å². The van der Waals surface area contributed by atoms with E-state index in [4.69, 9.17) is 4.74 Å². The molecular weight excluding hydrogens is 322 g/mol. The molecule has 1 fully saturated rings. The fourth-order valence-corrected chi connectivity index (χ4v) is 3.11. The first-order chi connectivity index (χ1) is 11.6. The number of ether oxygens (including phenoxy) is 1. The van der Waals surface area contributed by atoms with Gasteiger partial charge in [-0.3, -0.25) is 0 Å². The summed E-state index contributed by atoms with van der Waals surface area (Å²) in [5.41, 5.74) is 0.958. The Morgan fingerprint density at radius 2 is 2.29 bits per heavy atom. The Labute approximate surface area is 146 Å². The van der Waals surface area contributed by atoms with E-state index in [0.29, 0.717) is 18.3 Å². The van der Waals surface area contributed by atoms with Gasteiger partial charge in [0.25, 0.3) is 0 Å². The number of rotatable bonds is 7. The summed E-state index contributed by atoms with van der Waals surface area (Å²) in [5, 5.41) is 4.96. The fourth-order valence-electron chi connectivity index (χ4n) is 2.29. The van der Waals surface area contributed by atoms with Crippen molar-refractivity contribution in [3.63, 3.8) is 0 Å². The number of hydrogen-bond donors (Lipinski definition) is 1. The van der Waals surface area contributed by atoms with Crippen molar-refractivity contribution in [2.45, 2.75) is 32.4 Å². The highest BCUT2D eigenvalue weighted by Gasteiger charge is 2.22. The zero-order chi connectivity index (χ0) is 16.9. The molecule has 0 unspecified atom stereocenters. The van der Waals surface area contributed by atoms with Gasteiger partial charge < -0.3 is 15.0 Å². The molecule has 1 saturated carbocycles. The van der Waals surface area contributed by atoms with Crippen LogP contribution in [0.1, 0.15) is 36.2 Å². The monoisotopic (exact) mass is 345 g/mol. The van der Waals surface area contributed by atoms with Gasteiger partial charge in [-0.2, -0.15) is 0 Å². The Hall–Kier alpha value is -2.08. The molecule has 3 rings (SSSR count). The van der Waals surface area contributed by atoms with Crippen molar-refractivity contribution in [2.75, 3.05) is 13.7 Å². The van der Waals surface area contributed by atoms with Gasteiger partial charge in [0.15, 0.2) is 0 Å². The van der Waals surface area contributed by atoms with Gasteiger partial charge in [0.05, 0.1) is 12.6 Å². The highest BCUT2D eigenvalue weighted by atomic mass is 32.1. The number of amides is 2. The average molecular weight is 345 g/mol. The topological polar surface area (TPSA) is 54.5 Å². The molecule has 2 amide bonds. The second-order valence-electron chi connectivity index (χ2n) is 6.22. The summed E-state index contributed by atoms with van der Waals surface area (Å²) in [4.78, 5) is 19.5. The first-order valence-electron chi connectivity index (χ1n) is 8.25. The molecule has 0 radical (unpaired) electrons. The molecule has 1 atom stereocenters. The van der Waals surface area contributed by atoms with E-state index in [1.165, 1.54) is 17.7 Å². The summed E-state index contributed by atoms with van der Waals surface area (Å²) < 4.78 is 5.62. The standard InChI is InChI=1S/C18H23N3O2S/c1-13(16-4-3-9-24-16)21(2)18(22)20-11-15-7-8-17(19-10-15)23-12-14-5-6-14/h3-4,7-10,13-14H,5-6,11-12H2,1-2H3,(H,20,22)/t13-/m0/s1. The predicted octanol–water partition coefficient (Wildman–Crippen LogP) is 3.83. The van der Waals surface area contributed by atoms with E-state index in [0.717, 1.165) is 12.2 Å². The van der Waals surface area contributed by atoms with Crippen molar-refractivity contribution in [3.05, 3.63) is 46.3 Å². The lowest BCUT2D eigenvalue weighted by Crippen LogP contribution is -2.38. The first-order valence-corrected chi connectivity index (χ1v) is 9.13. The lowest BCUT2D eigenvalue weighted by Gasteiger charge is -2.24. The van der Waals surface area contributed by atoms with Crippen LogP contribution in [0.2, 0.25) is 0 Å². The van der Waals surface area contributed by atoms with Crippen LogP contribution in [0.15, 0.2) is 35.8 Å². The molecule has 0 spiro atoms. The van der Waals surface area contributed by atoms with Crippen molar-refractivity contribution in [3.8, 4) is 5.88 Å². The van der Waals surface area contributed by atoms with Crippen LogP contribution in [0.4, 0.5) is 4.79 Å². The molecule has 2 aromatic rings. The fraction of sp³-hybridized carbons (Fsp3) is 0.444. The van der Waals surface area contributed by atoms with Crippen LogP contribution in [0.25, 0.3) is 0 Å². The third kappa shape index (κ3) is 4.47. The molecule has 0 bridgehead atoms. The minimum atomic E-state index is -0.0926. The summed E-state index contributed by atoms with van der Waals surface area (Å²) in [6.45, 7) is 3.24. The third-order valence-electron chi connectivity index (χ3n) is 4.26. The van der Waals surface area contributed by atoms with E-state index in [9.17, 15) is 4.79 Å². The Balaban J connectivity index is 1.46. The maximum atomic E-state index is 12.3. The zero-order valence-corrected chi connectivity index (χ0v) is 14.9. The van der Waals surface area contributed by atoms with Crippen LogP contribution in [-0.2, 0) is 6.54 Å². The van der Waals surface area contributed by atoms with Crippen molar-refractivity contribution in [1.29, 1.82) is 0 Å². The molecule has 24 heavy (non-hydrogen) atoms. The minimum absolute atomic E-state index is 0.0568. The molecule has 2 heterocycles. The molecule has 1 aliphatic rings. The molecule has 6 heteroatoms. The van der Waals surface area contributed by atoms with Gasteiger partial charge in [0.1, 0.15) is 0 Å². The van der Waals surface area contributed by atoms with E-state index in [-0.39, 0.29) is 12.1 Å². The molecule has 1 N–H and O–H groups in total. The van der Waals surface area contributed by atoms with E-state index in [1.54, 1.807) is 22.4 Å². The molecule has 128 valence electrons. The SMILES string of the molecule is C[C@@H](c1cccs1)N(C)C(=O)NCc1ccc(OCC2CC2)nc1. The summed E-state index contributed by atoms with van der Waals surface area (Å²) in [6.07, 6.45) is 4.29. The number of urea groups is 1. The average Bonchev–Trinajstić information content (AvgIpc) is 3.28. The smallest absolute Gasteiger partial charge is 0.317 e. The lowest BCUT2D eigenvalue weighted by molar-refractivity contribution is 0.194. The van der Waals surface area contributed by atoms with Crippen LogP contribution >= 0.6 is 11.3 Å². The summed E-state index contributed by atoms with van der Waals surface area (Å²) >= 11 is 1.66. The second kappa shape index (κ2) is 7.66. The van der Waals surface area contributed by atoms with Crippen LogP contribution in [0, 0.1) is 5.92 Å². The number of carbonyl (C=O) groups excluding carboxylic acids is 1. The van der Waals surface area contributed by atoms with E-state index < -0.39 is 0 Å². The van der Waals surface area contributed by atoms with E-state index in [1.807, 2.05) is 43.6 Å². The number of aromatic nitrogens is 1. The lowest BCUT2D eigenvalue weighted by atomic mass is 10.2. The number of hydrogen-bond acceptors (Lipinski definition) is 4. The maximum Gasteiger partial charge on any atom is 0.317 e. The van der Waals surface area contributed by atoms with Gasteiger partial charge in [-0.15, -0.1) is 11.3 Å². The molecular formula is C18H23N3O2S. The van der Waals surface area contributed by atoms with Crippen LogP contribution in [0.5, 0.6) is 5.88 Å². The van der Waals surface area contributed by atoms with Gasteiger partial charge in [-0.25, -0.2) is 9.78 Å². The van der Waals surface area contributed by atoms with Gasteiger partial charge in [0.2, 0.25) is 5.88 Å². The van der Waals surface area contributed by atoms with Crippen molar-refractivity contribution >= 4 is 17.4 Å². The van der Waals surface area contributed by atoms with E-state index in [2.05, 4.69) is 10.3 Å². The summed E-state index contributed by atoms with van der Waals surface area (Å²) in [5.74, 6) is 1.37. The molecule has 2 aromatic heterocycles. The van der Waals surface area contributed by atoms with Crippen LogP contribution in [0.3, 0.4) is 0 Å². The Bertz CT molecular complexity index is 653. The number of thiophene rings is 1. The third-order valence-corrected chi connectivity index (χ3v) is 5.30. The minimum Gasteiger partial charge on any atom is -0.477 e. The predicted molar refractivity (Wildman–Crippen MR) is 95.2 cm³/mol. The molecule has 1 aliphatic carbocycles. The van der Waals surface area contributed by atoms with Crippen LogP contribution in [-0.4, -0.2) is 29.6 Å². The Kier molecular flexibility index (Phi) is 5.35. The van der Waals surface area contributed by atoms with Crippen LogP contribution < -0.4 is 10.1 Å². The molecule has 0 saturated heterocycles. The van der Waals surface area contributed by atoms with E-state index >= 15 is 0 Å². The van der Waals surface area contributed by atoms with Crippen molar-refractivity contribution in [1.82, 2.24) is 15.2 Å². The molecule has 5 nitrogen and oxygen atoms in total. The summed E-state index contributed by atoms with van der Waals surface area (Å²) in [6, 6.07) is 7.82. The Morgan fingerprint density at radius 3 is 2.92 bits per heavy atom. The van der Waals surface area contributed by atoms with Crippen molar-refractivity contribution < 1.29 is 9.53 Å². The molecule has 0 aromatic carbocycles. The maximum absolute atomic E-state index is 12.3. The number of nitrogens with zero attached hydrogens (tertiary/aromatic N) is 2. The van der Waals surface area contributed by atoms with Gasteiger partial charge in [0, 0.05) is 30.7 Å². The highest BCUT2D eigenvalue weighted by Crippen LogP contribution is 2.29. The number of pyridine rings is 1. The Morgan fingerprint density at radius 1 is 1.46 bits per heavy atom. The first kappa shape index (κ1) is 16.8. The zero-order valence-electron chi connectivity index (χ0n) is 14.1.